The second-order valence-corrected chi connectivity index (χ2v) is 4.53. The zero-order chi connectivity index (χ0) is 12.6. The van der Waals surface area contributed by atoms with Crippen LogP contribution in [0.4, 0.5) is 8.78 Å². The van der Waals surface area contributed by atoms with Crippen LogP contribution in [-0.2, 0) is 4.74 Å². The molecular weight excluding hydrogens is 246 g/mol. The number of aryl methyl sites for hydroxylation is 1. The molecule has 1 aromatic heterocycles. The molecular formula is C12H10F2O2S. The van der Waals surface area contributed by atoms with Crippen molar-refractivity contribution >= 4 is 27.4 Å². The minimum absolute atomic E-state index is 0.158. The molecule has 0 unspecified atom stereocenters. The zero-order valence-electron chi connectivity index (χ0n) is 9.34. The third-order valence-corrected chi connectivity index (χ3v) is 3.72. The SMILES string of the molecule is CCOC(=O)c1sc2c(F)ccc(F)c2c1C. The molecule has 0 amide bonds. The first-order valence-corrected chi connectivity index (χ1v) is 5.92. The fourth-order valence-corrected chi connectivity index (χ4v) is 2.79. The standard InChI is InChI=1S/C12H10F2O2S/c1-3-16-12(15)10-6(2)9-7(13)4-5-8(14)11(9)17-10/h4-5H,3H2,1-2H3. The normalized spacial score (nSPS) is 10.8. The molecule has 0 fully saturated rings. The molecule has 5 heteroatoms. The van der Waals surface area contributed by atoms with E-state index in [1.54, 1.807) is 13.8 Å². The number of hydrogen-bond acceptors (Lipinski definition) is 3. The fraction of sp³-hybridized carbons (Fsp3) is 0.250. The summed E-state index contributed by atoms with van der Waals surface area (Å²) in [6, 6.07) is 2.12. The van der Waals surface area contributed by atoms with Gasteiger partial charge in [0.25, 0.3) is 0 Å². The lowest BCUT2D eigenvalue weighted by molar-refractivity contribution is 0.0531. The molecule has 0 saturated carbocycles. The smallest absolute Gasteiger partial charge is 0.348 e. The lowest BCUT2D eigenvalue weighted by Crippen LogP contribution is -2.03. The van der Waals surface area contributed by atoms with Crippen molar-refractivity contribution in [2.24, 2.45) is 0 Å². The van der Waals surface area contributed by atoms with Gasteiger partial charge in [0, 0.05) is 5.39 Å². The van der Waals surface area contributed by atoms with Crippen molar-refractivity contribution in [3.8, 4) is 0 Å². The van der Waals surface area contributed by atoms with E-state index in [4.69, 9.17) is 4.74 Å². The number of fused-ring (bicyclic) bond motifs is 1. The molecule has 1 heterocycles. The van der Waals surface area contributed by atoms with Gasteiger partial charge in [-0.3, -0.25) is 0 Å². The van der Waals surface area contributed by atoms with Gasteiger partial charge in [0.05, 0.1) is 11.3 Å². The minimum atomic E-state index is -0.537. The topological polar surface area (TPSA) is 26.3 Å². The summed E-state index contributed by atoms with van der Waals surface area (Å²) in [6.07, 6.45) is 0. The maximum absolute atomic E-state index is 13.6. The van der Waals surface area contributed by atoms with E-state index in [9.17, 15) is 13.6 Å². The third-order valence-electron chi connectivity index (χ3n) is 2.44. The van der Waals surface area contributed by atoms with Crippen LogP contribution in [0.15, 0.2) is 12.1 Å². The Balaban J connectivity index is 2.68. The third kappa shape index (κ3) is 1.91. The minimum Gasteiger partial charge on any atom is -0.462 e. The number of hydrogen-bond donors (Lipinski definition) is 0. The van der Waals surface area contributed by atoms with Gasteiger partial charge in [0.2, 0.25) is 0 Å². The van der Waals surface area contributed by atoms with Gasteiger partial charge in [0.1, 0.15) is 16.5 Å². The van der Waals surface area contributed by atoms with Crippen molar-refractivity contribution in [2.45, 2.75) is 13.8 Å². The van der Waals surface area contributed by atoms with E-state index in [1.165, 1.54) is 0 Å². The van der Waals surface area contributed by atoms with Crippen molar-refractivity contribution < 1.29 is 18.3 Å². The number of carbonyl (C=O) groups is 1. The Morgan fingerprint density at radius 3 is 2.59 bits per heavy atom. The van der Waals surface area contributed by atoms with Crippen molar-refractivity contribution in [2.75, 3.05) is 6.61 Å². The van der Waals surface area contributed by atoms with Gasteiger partial charge in [-0.1, -0.05) is 0 Å². The Bertz CT molecular complexity index is 590. The lowest BCUT2D eigenvalue weighted by atomic mass is 10.1. The van der Waals surface area contributed by atoms with Crippen molar-refractivity contribution in [3.63, 3.8) is 0 Å². The summed E-state index contributed by atoms with van der Waals surface area (Å²) in [7, 11) is 0. The highest BCUT2D eigenvalue weighted by molar-refractivity contribution is 7.21. The first-order chi connectivity index (χ1) is 8.06. The maximum Gasteiger partial charge on any atom is 0.348 e. The molecule has 0 atom stereocenters. The molecule has 17 heavy (non-hydrogen) atoms. The Morgan fingerprint density at radius 2 is 2.00 bits per heavy atom. The number of ether oxygens (including phenoxy) is 1. The predicted octanol–water partition coefficient (Wildman–Crippen LogP) is 3.66. The summed E-state index contributed by atoms with van der Waals surface area (Å²) in [4.78, 5) is 11.9. The van der Waals surface area contributed by atoms with Crippen LogP contribution in [0.1, 0.15) is 22.2 Å². The molecule has 0 aliphatic heterocycles. The maximum atomic E-state index is 13.6. The predicted molar refractivity (Wildman–Crippen MR) is 62.4 cm³/mol. The summed E-state index contributed by atoms with van der Waals surface area (Å²) in [5.74, 6) is -1.58. The van der Waals surface area contributed by atoms with Crippen LogP contribution in [0.3, 0.4) is 0 Å². The second kappa shape index (κ2) is 4.41. The highest BCUT2D eigenvalue weighted by Gasteiger charge is 2.20. The molecule has 0 spiro atoms. The molecule has 0 bridgehead atoms. The summed E-state index contributed by atoms with van der Waals surface area (Å²) in [5, 5.41) is 0.165. The highest BCUT2D eigenvalue weighted by Crippen LogP contribution is 2.34. The van der Waals surface area contributed by atoms with E-state index < -0.39 is 17.6 Å². The van der Waals surface area contributed by atoms with Crippen LogP contribution in [0.5, 0.6) is 0 Å². The number of thiophene rings is 1. The first-order valence-electron chi connectivity index (χ1n) is 5.10. The van der Waals surface area contributed by atoms with E-state index in [0.717, 1.165) is 23.5 Å². The van der Waals surface area contributed by atoms with Gasteiger partial charge in [0.15, 0.2) is 0 Å². The van der Waals surface area contributed by atoms with Gasteiger partial charge in [-0.25, -0.2) is 13.6 Å². The monoisotopic (exact) mass is 256 g/mol. The van der Waals surface area contributed by atoms with E-state index in [-0.39, 0.29) is 21.6 Å². The molecule has 2 aromatic rings. The van der Waals surface area contributed by atoms with Gasteiger partial charge in [-0.05, 0) is 31.5 Å². The van der Waals surface area contributed by atoms with Gasteiger partial charge in [-0.15, -0.1) is 11.3 Å². The van der Waals surface area contributed by atoms with Gasteiger partial charge in [-0.2, -0.15) is 0 Å². The number of rotatable bonds is 2. The Kier molecular flexibility index (Phi) is 3.11. The average Bonchev–Trinajstić information content (AvgIpc) is 2.63. The van der Waals surface area contributed by atoms with E-state index in [2.05, 4.69) is 0 Å². The van der Waals surface area contributed by atoms with Crippen molar-refractivity contribution in [1.82, 2.24) is 0 Å². The quantitative estimate of drug-likeness (QED) is 0.766. The molecule has 0 aliphatic rings. The second-order valence-electron chi connectivity index (χ2n) is 3.51. The summed E-state index contributed by atoms with van der Waals surface area (Å²) >= 11 is 0.923. The molecule has 90 valence electrons. The van der Waals surface area contributed by atoms with Crippen LogP contribution in [0.25, 0.3) is 10.1 Å². The molecule has 0 aliphatic carbocycles. The highest BCUT2D eigenvalue weighted by atomic mass is 32.1. The zero-order valence-corrected chi connectivity index (χ0v) is 10.2. The van der Waals surface area contributed by atoms with Crippen LogP contribution >= 0.6 is 11.3 Å². The van der Waals surface area contributed by atoms with Crippen LogP contribution in [0.2, 0.25) is 0 Å². The van der Waals surface area contributed by atoms with Gasteiger partial charge >= 0.3 is 5.97 Å². The first kappa shape index (κ1) is 12.0. The van der Waals surface area contributed by atoms with Crippen LogP contribution in [-0.4, -0.2) is 12.6 Å². The number of halogens is 2. The summed E-state index contributed by atoms with van der Waals surface area (Å²) < 4.78 is 32.1. The van der Waals surface area contributed by atoms with Gasteiger partial charge < -0.3 is 4.74 Å². The average molecular weight is 256 g/mol. The molecule has 2 nitrogen and oxygen atoms in total. The Morgan fingerprint density at radius 1 is 1.35 bits per heavy atom. The summed E-state index contributed by atoms with van der Waals surface area (Å²) in [5.41, 5.74) is 0.431. The molecule has 1 aromatic carbocycles. The number of carbonyl (C=O) groups excluding carboxylic acids is 1. The van der Waals surface area contributed by atoms with E-state index >= 15 is 0 Å². The largest absolute Gasteiger partial charge is 0.462 e. The van der Waals surface area contributed by atoms with E-state index in [0.29, 0.717) is 5.56 Å². The van der Waals surface area contributed by atoms with E-state index in [1.807, 2.05) is 0 Å². The number of esters is 1. The lowest BCUT2D eigenvalue weighted by Gasteiger charge is -1.99. The molecule has 0 radical (unpaired) electrons. The Hall–Kier alpha value is -1.49. The fourth-order valence-electron chi connectivity index (χ4n) is 1.67. The molecule has 0 N–H and O–H groups in total. The Labute approximate surface area is 101 Å². The van der Waals surface area contributed by atoms with Crippen LogP contribution in [0, 0.1) is 18.6 Å². The van der Waals surface area contributed by atoms with Crippen LogP contribution < -0.4 is 0 Å². The van der Waals surface area contributed by atoms with Crippen molar-refractivity contribution in [1.29, 1.82) is 0 Å². The summed E-state index contributed by atoms with van der Waals surface area (Å²) in [6.45, 7) is 3.51. The number of benzene rings is 1. The molecule has 2 rings (SSSR count). The van der Waals surface area contributed by atoms with Crippen molar-refractivity contribution in [3.05, 3.63) is 34.2 Å². The molecule has 0 saturated heterocycles.